The Bertz CT molecular complexity index is 97.6. The van der Waals surface area contributed by atoms with Crippen molar-refractivity contribution in [1.82, 2.24) is 0 Å². The largest absolute Gasteiger partial charge is 0.382 e. The highest BCUT2D eigenvalue weighted by Crippen LogP contribution is 1.92. The van der Waals surface area contributed by atoms with E-state index in [4.69, 9.17) is 18.9 Å². The van der Waals surface area contributed by atoms with E-state index < -0.39 is 0 Å². The molecule has 0 heterocycles. The molecule has 0 spiro atoms. The van der Waals surface area contributed by atoms with Gasteiger partial charge in [0, 0.05) is 20.8 Å². The van der Waals surface area contributed by atoms with Crippen molar-refractivity contribution >= 4 is 0 Å². The van der Waals surface area contributed by atoms with Crippen molar-refractivity contribution in [2.45, 2.75) is 13.0 Å². The first-order chi connectivity index (χ1) is 6.35. The minimum Gasteiger partial charge on any atom is -0.382 e. The number of rotatable bonds is 9. The van der Waals surface area contributed by atoms with Gasteiger partial charge in [0.05, 0.1) is 26.4 Å². The molecule has 0 aliphatic carbocycles. The average molecular weight is 192 g/mol. The second kappa shape index (κ2) is 9.92. The van der Waals surface area contributed by atoms with Gasteiger partial charge in [0.15, 0.2) is 0 Å². The lowest BCUT2D eigenvalue weighted by molar-refractivity contribution is -0.0411. The SMILES string of the molecule is CCOCCOCC(COC)OC. The van der Waals surface area contributed by atoms with Gasteiger partial charge in [-0.25, -0.2) is 0 Å². The zero-order chi connectivity index (χ0) is 9.94. The molecule has 13 heavy (non-hydrogen) atoms. The minimum absolute atomic E-state index is 0.0200. The molecule has 0 radical (unpaired) electrons. The van der Waals surface area contributed by atoms with Crippen LogP contribution in [0, 0.1) is 0 Å². The van der Waals surface area contributed by atoms with Gasteiger partial charge in [-0.15, -0.1) is 0 Å². The van der Waals surface area contributed by atoms with Crippen LogP contribution >= 0.6 is 0 Å². The first kappa shape index (κ1) is 12.8. The van der Waals surface area contributed by atoms with Gasteiger partial charge in [0.2, 0.25) is 0 Å². The number of hydrogen-bond acceptors (Lipinski definition) is 4. The molecule has 0 aromatic heterocycles. The fraction of sp³-hybridized carbons (Fsp3) is 1.00. The molecule has 0 saturated heterocycles. The fourth-order valence-corrected chi connectivity index (χ4v) is 0.847. The van der Waals surface area contributed by atoms with Crippen LogP contribution in [-0.4, -0.2) is 53.4 Å². The molecule has 4 nitrogen and oxygen atoms in total. The maximum absolute atomic E-state index is 5.31. The van der Waals surface area contributed by atoms with Gasteiger partial charge in [-0.3, -0.25) is 0 Å². The summed E-state index contributed by atoms with van der Waals surface area (Å²) in [5.41, 5.74) is 0. The van der Waals surface area contributed by atoms with Crippen molar-refractivity contribution in [3.05, 3.63) is 0 Å². The van der Waals surface area contributed by atoms with Crippen LogP contribution < -0.4 is 0 Å². The maximum atomic E-state index is 5.31. The Balaban J connectivity index is 3.17. The quantitative estimate of drug-likeness (QED) is 0.504. The third kappa shape index (κ3) is 8.18. The van der Waals surface area contributed by atoms with Crippen molar-refractivity contribution in [2.24, 2.45) is 0 Å². The van der Waals surface area contributed by atoms with Crippen molar-refractivity contribution in [3.63, 3.8) is 0 Å². The Morgan fingerprint density at radius 3 is 2.23 bits per heavy atom. The highest BCUT2D eigenvalue weighted by Gasteiger charge is 2.05. The molecule has 1 unspecified atom stereocenters. The van der Waals surface area contributed by atoms with Crippen molar-refractivity contribution in [1.29, 1.82) is 0 Å². The van der Waals surface area contributed by atoms with Crippen LogP contribution in [0.5, 0.6) is 0 Å². The summed E-state index contributed by atoms with van der Waals surface area (Å²) in [6, 6.07) is 0. The van der Waals surface area contributed by atoms with Crippen LogP contribution in [0.4, 0.5) is 0 Å². The summed E-state index contributed by atoms with van der Waals surface area (Å²) in [5, 5.41) is 0. The highest BCUT2D eigenvalue weighted by molar-refractivity contribution is 4.52. The van der Waals surface area contributed by atoms with E-state index in [2.05, 4.69) is 0 Å². The molecule has 80 valence electrons. The molecule has 0 aromatic rings. The van der Waals surface area contributed by atoms with Crippen molar-refractivity contribution < 1.29 is 18.9 Å². The van der Waals surface area contributed by atoms with E-state index in [1.807, 2.05) is 6.92 Å². The van der Waals surface area contributed by atoms with Crippen LogP contribution in [0.1, 0.15) is 6.92 Å². The molecule has 0 amide bonds. The Hall–Kier alpha value is -0.160. The topological polar surface area (TPSA) is 36.9 Å². The summed E-state index contributed by atoms with van der Waals surface area (Å²) in [6.45, 7) is 5.05. The zero-order valence-corrected chi connectivity index (χ0v) is 8.75. The second-order valence-corrected chi connectivity index (χ2v) is 2.58. The van der Waals surface area contributed by atoms with E-state index in [-0.39, 0.29) is 6.10 Å². The molecule has 0 N–H and O–H groups in total. The van der Waals surface area contributed by atoms with Gasteiger partial charge in [0.25, 0.3) is 0 Å². The number of ether oxygens (including phenoxy) is 4. The lowest BCUT2D eigenvalue weighted by Gasteiger charge is -2.14. The summed E-state index contributed by atoms with van der Waals surface area (Å²) >= 11 is 0. The molecule has 0 aliphatic heterocycles. The fourth-order valence-electron chi connectivity index (χ4n) is 0.847. The van der Waals surface area contributed by atoms with Crippen molar-refractivity contribution in [3.8, 4) is 0 Å². The summed E-state index contributed by atoms with van der Waals surface area (Å²) in [7, 11) is 3.29. The molecular weight excluding hydrogens is 172 g/mol. The van der Waals surface area contributed by atoms with Gasteiger partial charge >= 0.3 is 0 Å². The molecule has 0 rings (SSSR count). The Labute approximate surface area is 80.1 Å². The molecule has 1 atom stereocenters. The van der Waals surface area contributed by atoms with Gasteiger partial charge in [-0.2, -0.15) is 0 Å². The van der Waals surface area contributed by atoms with Gasteiger partial charge in [-0.05, 0) is 6.92 Å². The third-order valence-electron chi connectivity index (χ3n) is 1.57. The predicted octanol–water partition coefficient (Wildman–Crippen LogP) is 0.701. The van der Waals surface area contributed by atoms with Crippen LogP contribution in [0.3, 0.4) is 0 Å². The van der Waals surface area contributed by atoms with E-state index >= 15 is 0 Å². The number of hydrogen-bond donors (Lipinski definition) is 0. The summed E-state index contributed by atoms with van der Waals surface area (Å²) < 4.78 is 20.5. The Morgan fingerprint density at radius 2 is 1.69 bits per heavy atom. The summed E-state index contributed by atoms with van der Waals surface area (Å²) in [6.07, 6.45) is 0.0200. The molecule has 4 heteroatoms. The minimum atomic E-state index is 0.0200. The molecule has 0 saturated carbocycles. The van der Waals surface area contributed by atoms with E-state index in [9.17, 15) is 0 Å². The summed E-state index contributed by atoms with van der Waals surface area (Å²) in [4.78, 5) is 0. The molecule has 0 aromatic carbocycles. The molecular formula is C9H20O4. The monoisotopic (exact) mass is 192 g/mol. The summed E-state index contributed by atoms with van der Waals surface area (Å²) in [5.74, 6) is 0. The molecule has 0 fully saturated rings. The molecule has 0 aliphatic rings. The van der Waals surface area contributed by atoms with E-state index in [0.29, 0.717) is 26.4 Å². The highest BCUT2D eigenvalue weighted by atomic mass is 16.6. The standard InChI is InChI=1S/C9H20O4/c1-4-12-5-6-13-8-9(11-3)7-10-2/h9H,4-8H2,1-3H3. The zero-order valence-electron chi connectivity index (χ0n) is 8.75. The van der Waals surface area contributed by atoms with E-state index in [0.717, 1.165) is 6.61 Å². The first-order valence-corrected chi connectivity index (χ1v) is 4.52. The smallest absolute Gasteiger partial charge is 0.104 e. The Morgan fingerprint density at radius 1 is 1.00 bits per heavy atom. The lowest BCUT2D eigenvalue weighted by Crippen LogP contribution is -2.24. The van der Waals surface area contributed by atoms with Crippen LogP contribution in [-0.2, 0) is 18.9 Å². The number of methoxy groups -OCH3 is 2. The maximum Gasteiger partial charge on any atom is 0.104 e. The lowest BCUT2D eigenvalue weighted by atomic mass is 10.4. The normalized spacial score (nSPS) is 13.2. The second-order valence-electron chi connectivity index (χ2n) is 2.58. The van der Waals surface area contributed by atoms with E-state index in [1.54, 1.807) is 14.2 Å². The van der Waals surface area contributed by atoms with Crippen LogP contribution in [0.25, 0.3) is 0 Å². The molecule has 0 bridgehead atoms. The van der Waals surface area contributed by atoms with Crippen LogP contribution in [0.2, 0.25) is 0 Å². The Kier molecular flexibility index (Phi) is 9.80. The third-order valence-corrected chi connectivity index (χ3v) is 1.57. The van der Waals surface area contributed by atoms with Crippen LogP contribution in [0.15, 0.2) is 0 Å². The van der Waals surface area contributed by atoms with E-state index in [1.165, 1.54) is 0 Å². The van der Waals surface area contributed by atoms with Gasteiger partial charge in [0.1, 0.15) is 6.10 Å². The first-order valence-electron chi connectivity index (χ1n) is 4.52. The van der Waals surface area contributed by atoms with Gasteiger partial charge in [-0.1, -0.05) is 0 Å². The van der Waals surface area contributed by atoms with Crippen molar-refractivity contribution in [2.75, 3.05) is 47.3 Å². The average Bonchev–Trinajstić information content (AvgIpc) is 2.16. The predicted molar refractivity (Wildman–Crippen MR) is 50.0 cm³/mol. The van der Waals surface area contributed by atoms with Gasteiger partial charge < -0.3 is 18.9 Å².